The van der Waals surface area contributed by atoms with Gasteiger partial charge in [0.1, 0.15) is 0 Å². The minimum absolute atomic E-state index is 0. The number of hydrogen-bond acceptors (Lipinski definition) is 4. The number of halogens is 1. The van der Waals surface area contributed by atoms with Gasteiger partial charge in [0, 0.05) is 38.3 Å². The topological polar surface area (TPSA) is 73.8 Å². The molecule has 0 saturated carbocycles. The zero-order chi connectivity index (χ0) is 18.0. The Labute approximate surface area is 170 Å². The second kappa shape index (κ2) is 9.21. The smallest absolute Gasteiger partial charge is 0.191 e. The molecule has 0 radical (unpaired) electrons. The van der Waals surface area contributed by atoms with E-state index in [0.29, 0.717) is 12.4 Å². The van der Waals surface area contributed by atoms with Gasteiger partial charge >= 0.3 is 0 Å². The van der Waals surface area contributed by atoms with E-state index in [0.717, 1.165) is 31.5 Å². The van der Waals surface area contributed by atoms with Crippen LogP contribution in [0.1, 0.15) is 40.5 Å². The summed E-state index contributed by atoms with van der Waals surface area (Å²) in [5.41, 5.74) is 0.0301. The summed E-state index contributed by atoms with van der Waals surface area (Å²) in [7, 11) is -1.14. The highest BCUT2D eigenvalue weighted by molar-refractivity contribution is 14.0. The molecule has 2 heterocycles. The Morgan fingerprint density at radius 3 is 2.32 bits per heavy atom. The number of guanidine groups is 1. The van der Waals surface area contributed by atoms with Crippen LogP contribution in [0.2, 0.25) is 0 Å². The van der Waals surface area contributed by atoms with Gasteiger partial charge in [0.25, 0.3) is 0 Å². The van der Waals surface area contributed by atoms with Crippen LogP contribution in [0, 0.1) is 11.8 Å². The Bertz CT molecular complexity index is 555. The molecule has 0 aliphatic carbocycles. The number of nitrogens with zero attached hydrogens (tertiary/aromatic N) is 2. The average molecular weight is 486 g/mol. The van der Waals surface area contributed by atoms with Crippen LogP contribution in [0.4, 0.5) is 0 Å². The first-order chi connectivity index (χ1) is 11.1. The average Bonchev–Trinajstić information content (AvgIpc) is 2.81. The van der Waals surface area contributed by atoms with Crippen molar-refractivity contribution in [1.29, 1.82) is 0 Å². The van der Waals surface area contributed by atoms with Crippen molar-refractivity contribution in [2.45, 2.75) is 52.1 Å². The Kier molecular flexibility index (Phi) is 8.46. The van der Waals surface area contributed by atoms with Gasteiger partial charge in [-0.15, -0.1) is 24.0 Å². The number of piperidine rings is 1. The molecular formula is C17H35IN4O2S. The molecule has 0 spiro atoms. The molecule has 2 aliphatic rings. The Morgan fingerprint density at radius 2 is 1.84 bits per heavy atom. The molecule has 2 fully saturated rings. The summed E-state index contributed by atoms with van der Waals surface area (Å²) in [6.45, 7) is 12.2. The van der Waals surface area contributed by atoms with E-state index >= 15 is 0 Å². The summed E-state index contributed by atoms with van der Waals surface area (Å²) in [4.78, 5) is 6.82. The fourth-order valence-corrected chi connectivity index (χ4v) is 5.54. The molecule has 148 valence electrons. The van der Waals surface area contributed by atoms with Crippen LogP contribution in [-0.2, 0) is 9.84 Å². The quantitative estimate of drug-likeness (QED) is 0.360. The number of sulfone groups is 1. The molecule has 8 heteroatoms. The van der Waals surface area contributed by atoms with Crippen LogP contribution in [-0.4, -0.2) is 69.0 Å². The van der Waals surface area contributed by atoms with E-state index in [1.807, 2.05) is 0 Å². The Balaban J connectivity index is 0.00000312. The second-order valence-corrected chi connectivity index (χ2v) is 10.6. The lowest BCUT2D eigenvalue weighted by Crippen LogP contribution is -2.57. The van der Waals surface area contributed by atoms with Crippen LogP contribution < -0.4 is 10.6 Å². The van der Waals surface area contributed by atoms with Gasteiger partial charge in [0.15, 0.2) is 15.8 Å². The third-order valence-corrected chi connectivity index (χ3v) is 6.98. The first-order valence-electron chi connectivity index (χ1n) is 9.04. The van der Waals surface area contributed by atoms with Crippen LogP contribution in [0.3, 0.4) is 0 Å². The molecule has 0 aromatic carbocycles. The third-order valence-electron chi connectivity index (χ3n) is 5.21. The van der Waals surface area contributed by atoms with E-state index in [1.165, 1.54) is 6.42 Å². The van der Waals surface area contributed by atoms with E-state index < -0.39 is 9.84 Å². The normalized spacial score (nSPS) is 30.6. The van der Waals surface area contributed by atoms with Gasteiger partial charge < -0.3 is 10.6 Å². The monoisotopic (exact) mass is 486 g/mol. The molecular weight excluding hydrogens is 451 g/mol. The molecule has 0 amide bonds. The van der Waals surface area contributed by atoms with Gasteiger partial charge in [-0.2, -0.15) is 0 Å². The van der Waals surface area contributed by atoms with Gasteiger partial charge in [-0.1, -0.05) is 13.8 Å². The maximum Gasteiger partial charge on any atom is 0.191 e. The molecule has 3 atom stereocenters. The minimum Gasteiger partial charge on any atom is -0.355 e. The van der Waals surface area contributed by atoms with Gasteiger partial charge in [-0.25, -0.2) is 8.42 Å². The standard InChI is InChI=1S/C17H34N4O2S.HI/c1-13-8-14(2)10-21(9-13)17(3,4)12-19-16(18-5)20-15-6-7-24(22,23)11-15;/h13-15H,6-12H2,1-5H3,(H2,18,19,20);1H. The fraction of sp³-hybridized carbons (Fsp3) is 0.941. The van der Waals surface area contributed by atoms with E-state index in [4.69, 9.17) is 0 Å². The molecule has 2 saturated heterocycles. The highest BCUT2D eigenvalue weighted by Gasteiger charge is 2.33. The van der Waals surface area contributed by atoms with Gasteiger partial charge in [-0.05, 0) is 38.5 Å². The molecule has 0 aromatic rings. The summed E-state index contributed by atoms with van der Waals surface area (Å²) < 4.78 is 23.2. The summed E-state index contributed by atoms with van der Waals surface area (Å²) in [6.07, 6.45) is 1.97. The highest BCUT2D eigenvalue weighted by atomic mass is 127. The van der Waals surface area contributed by atoms with Crippen molar-refractivity contribution < 1.29 is 8.42 Å². The lowest BCUT2D eigenvalue weighted by Gasteiger charge is -2.45. The van der Waals surface area contributed by atoms with Crippen molar-refractivity contribution in [2.75, 3.05) is 38.2 Å². The summed E-state index contributed by atoms with van der Waals surface area (Å²) >= 11 is 0. The van der Waals surface area contributed by atoms with E-state index in [-0.39, 0.29) is 47.1 Å². The third kappa shape index (κ3) is 6.86. The molecule has 2 aliphatic heterocycles. The zero-order valence-corrected chi connectivity index (χ0v) is 19.4. The number of nitrogens with one attached hydrogen (secondary N) is 2. The molecule has 2 N–H and O–H groups in total. The summed E-state index contributed by atoms with van der Waals surface area (Å²) in [6, 6.07) is -0.0284. The van der Waals surface area contributed by atoms with Crippen molar-refractivity contribution in [3.05, 3.63) is 0 Å². The number of hydrogen-bond donors (Lipinski definition) is 2. The molecule has 0 aromatic heterocycles. The maximum atomic E-state index is 11.6. The van der Waals surface area contributed by atoms with Crippen LogP contribution in [0.15, 0.2) is 4.99 Å². The summed E-state index contributed by atoms with van der Waals surface area (Å²) in [5.74, 6) is 2.64. The Hall–Kier alpha value is -0.0900. The largest absolute Gasteiger partial charge is 0.355 e. The van der Waals surface area contributed by atoms with Crippen LogP contribution >= 0.6 is 24.0 Å². The predicted octanol–water partition coefficient (Wildman–Crippen LogP) is 1.71. The second-order valence-electron chi connectivity index (χ2n) is 8.33. The SMILES string of the molecule is CN=C(NCC(C)(C)N1CC(C)CC(C)C1)NC1CCS(=O)(=O)C1.I. The zero-order valence-electron chi connectivity index (χ0n) is 16.2. The molecule has 2 rings (SSSR count). The lowest BCUT2D eigenvalue weighted by molar-refractivity contribution is 0.0483. The minimum atomic E-state index is -2.88. The van der Waals surface area contributed by atoms with Gasteiger partial charge in [0.2, 0.25) is 0 Å². The Morgan fingerprint density at radius 1 is 1.24 bits per heavy atom. The number of aliphatic imine (C=N–C) groups is 1. The van der Waals surface area contributed by atoms with Crippen molar-refractivity contribution in [1.82, 2.24) is 15.5 Å². The van der Waals surface area contributed by atoms with Crippen molar-refractivity contribution in [2.24, 2.45) is 16.8 Å². The molecule has 0 bridgehead atoms. The van der Waals surface area contributed by atoms with Crippen LogP contribution in [0.5, 0.6) is 0 Å². The maximum absolute atomic E-state index is 11.6. The predicted molar refractivity (Wildman–Crippen MR) is 116 cm³/mol. The molecule has 3 unspecified atom stereocenters. The number of likely N-dealkylation sites (tertiary alicyclic amines) is 1. The van der Waals surface area contributed by atoms with E-state index in [1.54, 1.807) is 7.05 Å². The fourth-order valence-electron chi connectivity index (χ4n) is 3.87. The molecule has 25 heavy (non-hydrogen) atoms. The van der Waals surface area contributed by atoms with Crippen molar-refractivity contribution in [3.63, 3.8) is 0 Å². The van der Waals surface area contributed by atoms with Crippen molar-refractivity contribution >= 4 is 39.8 Å². The van der Waals surface area contributed by atoms with Gasteiger partial charge in [0.05, 0.1) is 11.5 Å². The van der Waals surface area contributed by atoms with E-state index in [9.17, 15) is 8.42 Å². The lowest BCUT2D eigenvalue weighted by atomic mass is 9.88. The van der Waals surface area contributed by atoms with Crippen LogP contribution in [0.25, 0.3) is 0 Å². The molecule has 6 nitrogen and oxygen atoms in total. The first kappa shape index (κ1) is 23.0. The van der Waals surface area contributed by atoms with E-state index in [2.05, 4.69) is 48.2 Å². The summed E-state index contributed by atoms with van der Waals surface area (Å²) in [5, 5.41) is 6.65. The highest BCUT2D eigenvalue weighted by Crippen LogP contribution is 2.26. The first-order valence-corrected chi connectivity index (χ1v) is 10.9. The number of rotatable bonds is 4. The van der Waals surface area contributed by atoms with Crippen molar-refractivity contribution in [3.8, 4) is 0 Å². The van der Waals surface area contributed by atoms with Gasteiger partial charge in [-0.3, -0.25) is 9.89 Å².